The molecule has 0 aliphatic carbocycles. The van der Waals surface area contributed by atoms with Crippen LogP contribution in [0, 0.1) is 0 Å². The number of hydrogen-bond acceptors (Lipinski definition) is 2. The van der Waals surface area contributed by atoms with Crippen LogP contribution in [0.3, 0.4) is 0 Å². The zero-order valence-electron chi connectivity index (χ0n) is 11.1. The molecule has 0 radical (unpaired) electrons. The Morgan fingerprint density at radius 3 is 2.55 bits per heavy atom. The lowest BCUT2D eigenvalue weighted by molar-refractivity contribution is -0.137. The number of alkyl halides is 3. The van der Waals surface area contributed by atoms with Gasteiger partial charge >= 0.3 is 12.1 Å². The van der Waals surface area contributed by atoms with Crippen LogP contribution in [0.4, 0.5) is 13.2 Å². The number of hydrogen-bond donors (Lipinski definition) is 1. The van der Waals surface area contributed by atoms with Gasteiger partial charge in [0.15, 0.2) is 0 Å². The average Bonchev–Trinajstić information content (AvgIpc) is 2.34. The van der Waals surface area contributed by atoms with Crippen LogP contribution in [0.2, 0.25) is 0 Å². The lowest BCUT2D eigenvalue weighted by Crippen LogP contribution is -2.07. The minimum Gasteiger partial charge on any atom is -0.493 e. The van der Waals surface area contributed by atoms with E-state index in [2.05, 4.69) is 0 Å². The van der Waals surface area contributed by atoms with Crippen molar-refractivity contribution in [2.24, 2.45) is 0 Å². The molecule has 0 spiro atoms. The van der Waals surface area contributed by atoms with Gasteiger partial charge in [-0.05, 0) is 37.1 Å². The van der Waals surface area contributed by atoms with Crippen molar-refractivity contribution in [1.29, 1.82) is 0 Å². The van der Waals surface area contributed by atoms with E-state index in [0.29, 0.717) is 13.0 Å². The monoisotopic (exact) mass is 288 g/mol. The summed E-state index contributed by atoms with van der Waals surface area (Å²) in [5, 5.41) is 8.70. The van der Waals surface area contributed by atoms with E-state index in [-0.39, 0.29) is 16.9 Å². The molecule has 0 bridgehead atoms. The molecule has 20 heavy (non-hydrogen) atoms. The van der Waals surface area contributed by atoms with Crippen LogP contribution in [0.1, 0.15) is 31.4 Å². The molecule has 110 valence electrons. The van der Waals surface area contributed by atoms with Gasteiger partial charge in [0.05, 0.1) is 12.2 Å². The van der Waals surface area contributed by atoms with E-state index in [1.54, 1.807) is 0 Å². The lowest BCUT2D eigenvalue weighted by atomic mass is 10.0. The van der Waals surface area contributed by atoms with E-state index in [1.807, 2.05) is 6.92 Å². The minimum atomic E-state index is -4.48. The maximum absolute atomic E-state index is 12.7. The van der Waals surface area contributed by atoms with Crippen LogP contribution < -0.4 is 4.74 Å². The second-order valence-corrected chi connectivity index (χ2v) is 4.22. The first-order valence-corrected chi connectivity index (χ1v) is 6.01. The number of ether oxygens (including phenoxy) is 1. The number of halogens is 3. The molecule has 0 aromatic heterocycles. The van der Waals surface area contributed by atoms with E-state index in [9.17, 15) is 18.0 Å². The smallest absolute Gasteiger partial charge is 0.416 e. The zero-order chi connectivity index (χ0) is 15.3. The largest absolute Gasteiger partial charge is 0.493 e. The van der Waals surface area contributed by atoms with Gasteiger partial charge in [-0.25, -0.2) is 4.79 Å². The van der Waals surface area contributed by atoms with Crippen molar-refractivity contribution in [2.45, 2.75) is 26.4 Å². The Morgan fingerprint density at radius 2 is 2.05 bits per heavy atom. The SMILES string of the molecule is CCCOc1ccc(C(F)(F)F)cc1/C(C)=C/C(=O)O. The molecule has 1 N–H and O–H groups in total. The average molecular weight is 288 g/mol. The van der Waals surface area contributed by atoms with E-state index >= 15 is 0 Å². The highest BCUT2D eigenvalue weighted by atomic mass is 19.4. The normalized spacial score (nSPS) is 12.3. The van der Waals surface area contributed by atoms with Gasteiger partial charge in [-0.1, -0.05) is 6.92 Å². The molecule has 0 amide bonds. The quantitative estimate of drug-likeness (QED) is 0.833. The number of carboxylic acids is 1. The molecule has 1 aromatic carbocycles. The Hall–Kier alpha value is -1.98. The van der Waals surface area contributed by atoms with Crippen molar-refractivity contribution in [3.63, 3.8) is 0 Å². The van der Waals surface area contributed by atoms with Gasteiger partial charge in [0.25, 0.3) is 0 Å². The number of benzene rings is 1. The molecule has 6 heteroatoms. The number of carboxylic acid groups (broad SMARTS) is 1. The lowest BCUT2D eigenvalue weighted by Gasteiger charge is -2.14. The van der Waals surface area contributed by atoms with Crippen molar-refractivity contribution in [3.05, 3.63) is 35.4 Å². The topological polar surface area (TPSA) is 46.5 Å². The fourth-order valence-electron chi connectivity index (χ4n) is 1.62. The predicted octanol–water partition coefficient (Wildman–Crippen LogP) is 3.98. The molecule has 0 aliphatic rings. The summed E-state index contributed by atoms with van der Waals surface area (Å²) in [6.07, 6.45) is -2.93. The molecule has 1 rings (SSSR count). The van der Waals surface area contributed by atoms with E-state index in [0.717, 1.165) is 18.2 Å². The molecular weight excluding hydrogens is 273 g/mol. The Morgan fingerprint density at radius 1 is 1.40 bits per heavy atom. The molecule has 0 aliphatic heterocycles. The van der Waals surface area contributed by atoms with Crippen LogP contribution in [-0.4, -0.2) is 17.7 Å². The standard InChI is InChI=1S/C14H15F3O3/c1-3-6-20-12-5-4-10(14(15,16)17)8-11(12)9(2)7-13(18)19/h4-5,7-8H,3,6H2,1-2H3,(H,18,19)/b9-7+. The predicted molar refractivity (Wildman–Crippen MR) is 68.5 cm³/mol. The fourth-order valence-corrected chi connectivity index (χ4v) is 1.62. The van der Waals surface area contributed by atoms with Gasteiger partial charge in [0.2, 0.25) is 0 Å². The summed E-state index contributed by atoms with van der Waals surface area (Å²) in [5.74, 6) is -0.976. The van der Waals surface area contributed by atoms with Gasteiger partial charge in [0, 0.05) is 11.6 Å². The highest BCUT2D eigenvalue weighted by Crippen LogP contribution is 2.35. The van der Waals surface area contributed by atoms with Crippen molar-refractivity contribution in [1.82, 2.24) is 0 Å². The van der Waals surface area contributed by atoms with Crippen LogP contribution >= 0.6 is 0 Å². The van der Waals surface area contributed by atoms with Gasteiger partial charge in [-0.2, -0.15) is 13.2 Å². The number of aliphatic carboxylic acids is 1. The van der Waals surface area contributed by atoms with E-state index in [4.69, 9.17) is 9.84 Å². The first-order valence-electron chi connectivity index (χ1n) is 6.01. The van der Waals surface area contributed by atoms with Crippen LogP contribution in [0.25, 0.3) is 5.57 Å². The third-order valence-corrected chi connectivity index (χ3v) is 2.53. The molecule has 1 aromatic rings. The van der Waals surface area contributed by atoms with Gasteiger partial charge in [-0.3, -0.25) is 0 Å². The zero-order valence-corrected chi connectivity index (χ0v) is 11.1. The second kappa shape index (κ2) is 6.45. The fraction of sp³-hybridized carbons (Fsp3) is 0.357. The van der Waals surface area contributed by atoms with Crippen LogP contribution in [0.5, 0.6) is 5.75 Å². The first-order chi connectivity index (χ1) is 9.25. The summed E-state index contributed by atoms with van der Waals surface area (Å²) in [4.78, 5) is 10.7. The maximum atomic E-state index is 12.7. The third-order valence-electron chi connectivity index (χ3n) is 2.53. The number of carbonyl (C=O) groups is 1. The first kappa shape index (κ1) is 16.1. The summed E-state index contributed by atoms with van der Waals surface area (Å²) in [7, 11) is 0. The molecule has 0 heterocycles. The summed E-state index contributed by atoms with van der Waals surface area (Å²) in [6.45, 7) is 3.64. The molecule has 0 fully saturated rings. The highest BCUT2D eigenvalue weighted by Gasteiger charge is 2.31. The third kappa shape index (κ3) is 4.29. The van der Waals surface area contributed by atoms with Gasteiger partial charge in [0.1, 0.15) is 5.75 Å². The van der Waals surface area contributed by atoms with Crippen molar-refractivity contribution in [2.75, 3.05) is 6.61 Å². The summed E-state index contributed by atoms with van der Waals surface area (Å²) < 4.78 is 43.5. The highest BCUT2D eigenvalue weighted by molar-refractivity contribution is 5.90. The molecule has 3 nitrogen and oxygen atoms in total. The summed E-state index contributed by atoms with van der Waals surface area (Å²) >= 11 is 0. The Labute approximate surface area is 114 Å². The minimum absolute atomic E-state index is 0.135. The molecular formula is C14H15F3O3. The van der Waals surface area contributed by atoms with Gasteiger partial charge in [-0.15, -0.1) is 0 Å². The molecule has 0 atom stereocenters. The van der Waals surface area contributed by atoms with Crippen LogP contribution in [0.15, 0.2) is 24.3 Å². The van der Waals surface area contributed by atoms with Crippen molar-refractivity contribution in [3.8, 4) is 5.75 Å². The summed E-state index contributed by atoms with van der Waals surface area (Å²) in [6, 6.07) is 3.04. The molecule has 0 saturated carbocycles. The van der Waals surface area contributed by atoms with E-state index < -0.39 is 17.7 Å². The van der Waals surface area contributed by atoms with Crippen LogP contribution in [-0.2, 0) is 11.0 Å². The number of allylic oxidation sites excluding steroid dienone is 1. The van der Waals surface area contributed by atoms with Crippen molar-refractivity contribution >= 4 is 11.5 Å². The Bertz CT molecular complexity index is 519. The molecule has 0 saturated heterocycles. The number of rotatable bonds is 5. The summed E-state index contributed by atoms with van der Waals surface area (Å²) in [5.41, 5.74) is -0.500. The molecule has 0 unspecified atom stereocenters. The Kier molecular flexibility index (Phi) is 5.19. The van der Waals surface area contributed by atoms with Gasteiger partial charge < -0.3 is 9.84 Å². The Balaban J connectivity index is 3.29. The maximum Gasteiger partial charge on any atom is 0.416 e. The van der Waals surface area contributed by atoms with Crippen molar-refractivity contribution < 1.29 is 27.8 Å². The van der Waals surface area contributed by atoms with E-state index in [1.165, 1.54) is 13.0 Å². The second-order valence-electron chi connectivity index (χ2n) is 4.22.